The first-order valence-corrected chi connectivity index (χ1v) is 5.96. The summed E-state index contributed by atoms with van der Waals surface area (Å²) in [6.07, 6.45) is 0.454. The van der Waals surface area contributed by atoms with Gasteiger partial charge in [0.05, 0.1) is 0 Å². The summed E-state index contributed by atoms with van der Waals surface area (Å²) in [6, 6.07) is 6.61. The van der Waals surface area contributed by atoms with Crippen LogP contribution in [-0.4, -0.2) is 52.6 Å². The zero-order valence-electron chi connectivity index (χ0n) is 10.8. The first-order chi connectivity index (χ1) is 9.45. The molecule has 1 amide bonds. The fourth-order valence-corrected chi connectivity index (χ4v) is 1.80. The highest BCUT2D eigenvalue weighted by Gasteiger charge is 2.22. The lowest BCUT2D eigenvalue weighted by Crippen LogP contribution is -2.39. The molecular weight excluding hydrogens is 264 g/mol. The van der Waals surface area contributed by atoms with E-state index in [9.17, 15) is 14.4 Å². The zero-order valence-corrected chi connectivity index (χ0v) is 10.8. The second-order valence-electron chi connectivity index (χ2n) is 4.14. The van der Waals surface area contributed by atoms with Crippen molar-refractivity contribution in [2.24, 2.45) is 5.73 Å². The molecule has 4 N–H and O–H groups in total. The van der Waals surface area contributed by atoms with Gasteiger partial charge in [0, 0.05) is 5.56 Å². The molecule has 7 heteroatoms. The minimum atomic E-state index is -1.27. The van der Waals surface area contributed by atoms with E-state index in [-0.39, 0.29) is 5.56 Å². The van der Waals surface area contributed by atoms with Crippen molar-refractivity contribution in [3.8, 4) is 0 Å². The van der Waals surface area contributed by atoms with E-state index >= 15 is 0 Å². The van der Waals surface area contributed by atoms with E-state index in [1.54, 1.807) is 18.2 Å². The maximum Gasteiger partial charge on any atom is 0.323 e. The fourth-order valence-electron chi connectivity index (χ4n) is 1.80. The second kappa shape index (κ2) is 7.25. The molecule has 0 aliphatic rings. The largest absolute Gasteiger partial charge is 0.480 e. The van der Waals surface area contributed by atoms with Gasteiger partial charge in [-0.2, -0.15) is 0 Å². The maximum absolute atomic E-state index is 12.3. The molecule has 1 aromatic carbocycles. The molecule has 1 rings (SSSR count). The van der Waals surface area contributed by atoms with Crippen molar-refractivity contribution in [3.05, 3.63) is 35.4 Å². The van der Waals surface area contributed by atoms with Crippen molar-refractivity contribution >= 4 is 17.8 Å². The molecule has 0 heterocycles. The number of aliphatic carboxylic acids is 2. The summed E-state index contributed by atoms with van der Waals surface area (Å²) in [7, 11) is 0. The van der Waals surface area contributed by atoms with Crippen LogP contribution in [0.2, 0.25) is 0 Å². The summed E-state index contributed by atoms with van der Waals surface area (Å²) in [5, 5.41) is 17.5. The lowest BCUT2D eigenvalue weighted by Gasteiger charge is -2.20. The van der Waals surface area contributed by atoms with Crippen LogP contribution in [0.5, 0.6) is 0 Å². The van der Waals surface area contributed by atoms with Crippen molar-refractivity contribution < 1.29 is 24.6 Å². The third kappa shape index (κ3) is 4.36. The Kier molecular flexibility index (Phi) is 5.67. The van der Waals surface area contributed by atoms with E-state index in [0.717, 1.165) is 4.90 Å². The summed E-state index contributed by atoms with van der Waals surface area (Å²) in [5.41, 5.74) is 6.40. The van der Waals surface area contributed by atoms with Gasteiger partial charge in [-0.05, 0) is 24.6 Å². The van der Waals surface area contributed by atoms with Gasteiger partial charge in [-0.1, -0.05) is 18.2 Å². The van der Waals surface area contributed by atoms with Gasteiger partial charge < -0.3 is 20.8 Å². The predicted molar refractivity (Wildman–Crippen MR) is 70.4 cm³/mol. The van der Waals surface area contributed by atoms with Gasteiger partial charge >= 0.3 is 11.9 Å². The van der Waals surface area contributed by atoms with Crippen molar-refractivity contribution in [1.29, 1.82) is 0 Å². The average Bonchev–Trinajstić information content (AvgIpc) is 2.37. The van der Waals surface area contributed by atoms with Gasteiger partial charge in [-0.15, -0.1) is 0 Å². The Morgan fingerprint density at radius 3 is 2.10 bits per heavy atom. The van der Waals surface area contributed by atoms with Gasteiger partial charge in [0.25, 0.3) is 5.91 Å². The number of carboxylic acids is 2. The highest BCUT2D eigenvalue weighted by molar-refractivity contribution is 5.98. The van der Waals surface area contributed by atoms with Gasteiger partial charge in [-0.25, -0.2) is 0 Å². The molecule has 0 spiro atoms. The molecule has 0 unspecified atom stereocenters. The van der Waals surface area contributed by atoms with Crippen LogP contribution >= 0.6 is 0 Å². The van der Waals surface area contributed by atoms with Crippen LogP contribution in [0.25, 0.3) is 0 Å². The first kappa shape index (κ1) is 15.6. The van der Waals surface area contributed by atoms with Gasteiger partial charge in [0.2, 0.25) is 0 Å². The smallest absolute Gasteiger partial charge is 0.323 e. The maximum atomic E-state index is 12.3. The molecular formula is C13H16N2O5. The van der Waals surface area contributed by atoms with E-state index < -0.39 is 30.9 Å². The molecule has 20 heavy (non-hydrogen) atoms. The minimum absolute atomic E-state index is 0.278. The summed E-state index contributed by atoms with van der Waals surface area (Å²) in [5.74, 6) is -3.16. The monoisotopic (exact) mass is 280 g/mol. The van der Waals surface area contributed by atoms with Crippen molar-refractivity contribution in [2.75, 3.05) is 19.6 Å². The number of rotatable bonds is 7. The molecule has 7 nitrogen and oxygen atoms in total. The Morgan fingerprint density at radius 2 is 1.60 bits per heavy atom. The fraction of sp³-hybridized carbons (Fsp3) is 0.308. The van der Waals surface area contributed by atoms with Crippen LogP contribution < -0.4 is 5.73 Å². The summed E-state index contributed by atoms with van der Waals surface area (Å²) < 4.78 is 0. The van der Waals surface area contributed by atoms with Crippen LogP contribution in [0.1, 0.15) is 15.9 Å². The van der Waals surface area contributed by atoms with Crippen molar-refractivity contribution in [2.45, 2.75) is 6.42 Å². The molecule has 0 atom stereocenters. The number of hydrogen-bond acceptors (Lipinski definition) is 4. The SMILES string of the molecule is NCCc1ccccc1C(=O)N(CC(=O)O)CC(=O)O. The quantitative estimate of drug-likeness (QED) is 0.636. The van der Waals surface area contributed by atoms with Crippen molar-refractivity contribution in [3.63, 3.8) is 0 Å². The molecule has 0 bridgehead atoms. The van der Waals surface area contributed by atoms with Crippen LogP contribution in [-0.2, 0) is 16.0 Å². The van der Waals surface area contributed by atoms with Gasteiger partial charge in [0.1, 0.15) is 13.1 Å². The number of benzene rings is 1. The number of nitrogens with two attached hydrogens (primary N) is 1. The summed E-state index contributed by atoms with van der Waals surface area (Å²) in [4.78, 5) is 34.5. The predicted octanol–water partition coefficient (Wildman–Crippen LogP) is -0.201. The third-order valence-electron chi connectivity index (χ3n) is 2.60. The first-order valence-electron chi connectivity index (χ1n) is 5.96. The molecule has 0 saturated heterocycles. The van der Waals surface area contributed by atoms with E-state index in [1.807, 2.05) is 0 Å². The normalized spacial score (nSPS) is 10.1. The number of hydrogen-bond donors (Lipinski definition) is 3. The van der Waals surface area contributed by atoms with Crippen LogP contribution in [0.4, 0.5) is 0 Å². The third-order valence-corrected chi connectivity index (χ3v) is 2.60. The molecule has 0 saturated carbocycles. The summed E-state index contributed by atoms with van der Waals surface area (Å²) >= 11 is 0. The lowest BCUT2D eigenvalue weighted by atomic mass is 10.0. The number of nitrogens with zero attached hydrogens (tertiary/aromatic N) is 1. The molecule has 0 aliphatic carbocycles. The molecule has 108 valence electrons. The molecule has 0 aromatic heterocycles. The van der Waals surface area contributed by atoms with E-state index in [0.29, 0.717) is 18.5 Å². The number of carbonyl (C=O) groups excluding carboxylic acids is 1. The zero-order chi connectivity index (χ0) is 15.1. The highest BCUT2D eigenvalue weighted by Crippen LogP contribution is 2.12. The number of amides is 1. The Hall–Kier alpha value is -2.41. The molecule has 0 fully saturated rings. The highest BCUT2D eigenvalue weighted by atomic mass is 16.4. The topological polar surface area (TPSA) is 121 Å². The molecule has 0 radical (unpaired) electrons. The Morgan fingerprint density at radius 1 is 1.05 bits per heavy atom. The van der Waals surface area contributed by atoms with Crippen LogP contribution in [0.15, 0.2) is 24.3 Å². The Balaban J connectivity index is 3.04. The van der Waals surface area contributed by atoms with Gasteiger partial charge in [0.15, 0.2) is 0 Å². The van der Waals surface area contributed by atoms with Crippen LogP contribution in [0, 0.1) is 0 Å². The number of carbonyl (C=O) groups is 3. The minimum Gasteiger partial charge on any atom is -0.480 e. The van der Waals surface area contributed by atoms with E-state index in [4.69, 9.17) is 15.9 Å². The summed E-state index contributed by atoms with van der Waals surface area (Å²) in [6.45, 7) is -0.994. The Labute approximate surface area is 115 Å². The Bertz CT molecular complexity index is 499. The van der Waals surface area contributed by atoms with Crippen LogP contribution in [0.3, 0.4) is 0 Å². The lowest BCUT2D eigenvalue weighted by molar-refractivity contribution is -0.140. The van der Waals surface area contributed by atoms with Gasteiger partial charge in [-0.3, -0.25) is 14.4 Å². The average molecular weight is 280 g/mol. The standard InChI is InChI=1S/C13H16N2O5/c14-6-5-9-3-1-2-4-10(9)13(20)15(7-11(16)17)8-12(18)19/h1-4H,5-8,14H2,(H,16,17)(H,18,19). The second-order valence-corrected chi connectivity index (χ2v) is 4.14. The van der Waals surface area contributed by atoms with E-state index in [2.05, 4.69) is 0 Å². The van der Waals surface area contributed by atoms with Crippen molar-refractivity contribution in [1.82, 2.24) is 4.90 Å². The van der Waals surface area contributed by atoms with E-state index in [1.165, 1.54) is 6.07 Å². The number of carboxylic acid groups (broad SMARTS) is 2. The molecule has 0 aliphatic heterocycles. The molecule has 1 aromatic rings.